The summed E-state index contributed by atoms with van der Waals surface area (Å²) in [5, 5.41) is 2.97. The summed E-state index contributed by atoms with van der Waals surface area (Å²) in [4.78, 5) is 12.5. The van der Waals surface area contributed by atoms with Crippen molar-refractivity contribution in [1.29, 1.82) is 0 Å². The monoisotopic (exact) mass is 355 g/mol. The van der Waals surface area contributed by atoms with Crippen molar-refractivity contribution in [3.8, 4) is 17.2 Å². The second kappa shape index (κ2) is 8.13. The molecule has 1 aliphatic rings. The van der Waals surface area contributed by atoms with Crippen LogP contribution < -0.4 is 19.5 Å². The molecule has 0 atom stereocenters. The van der Waals surface area contributed by atoms with E-state index < -0.39 is 0 Å². The highest BCUT2D eigenvalue weighted by atomic mass is 16.6. The van der Waals surface area contributed by atoms with Crippen LogP contribution in [-0.4, -0.2) is 32.8 Å². The Bertz CT molecular complexity index is 784. The zero-order valence-electron chi connectivity index (χ0n) is 15.6. The molecule has 26 heavy (non-hydrogen) atoms. The van der Waals surface area contributed by atoms with Crippen LogP contribution in [0.5, 0.6) is 17.2 Å². The van der Waals surface area contributed by atoms with Crippen molar-refractivity contribution in [3.05, 3.63) is 52.6 Å². The lowest BCUT2D eigenvalue weighted by Crippen LogP contribution is -2.25. The van der Waals surface area contributed by atoms with Crippen LogP contribution in [0, 0.1) is 13.8 Å². The van der Waals surface area contributed by atoms with Gasteiger partial charge in [0.1, 0.15) is 13.2 Å². The highest BCUT2D eigenvalue weighted by Gasteiger charge is 2.20. The molecule has 0 aromatic heterocycles. The number of benzene rings is 2. The number of methoxy groups -OCH3 is 1. The van der Waals surface area contributed by atoms with E-state index in [2.05, 4.69) is 37.4 Å². The van der Waals surface area contributed by atoms with Crippen LogP contribution in [0.25, 0.3) is 0 Å². The molecule has 5 nitrogen and oxygen atoms in total. The van der Waals surface area contributed by atoms with Gasteiger partial charge < -0.3 is 19.5 Å². The molecule has 0 unspecified atom stereocenters. The van der Waals surface area contributed by atoms with Gasteiger partial charge in [-0.1, -0.05) is 23.8 Å². The van der Waals surface area contributed by atoms with E-state index in [1.165, 1.54) is 16.7 Å². The molecular weight excluding hydrogens is 330 g/mol. The summed E-state index contributed by atoms with van der Waals surface area (Å²) in [5.74, 6) is 1.49. The van der Waals surface area contributed by atoms with Gasteiger partial charge in [-0.3, -0.25) is 4.79 Å². The zero-order chi connectivity index (χ0) is 18.5. The van der Waals surface area contributed by atoms with Crippen LogP contribution in [0.4, 0.5) is 0 Å². The number of ether oxygens (including phenoxy) is 3. The Balaban J connectivity index is 1.58. The van der Waals surface area contributed by atoms with Crippen LogP contribution in [0.1, 0.15) is 33.5 Å². The minimum atomic E-state index is -0.138. The number of amides is 1. The van der Waals surface area contributed by atoms with Gasteiger partial charge in [-0.05, 0) is 49.9 Å². The van der Waals surface area contributed by atoms with E-state index in [1.807, 2.05) is 0 Å². The third kappa shape index (κ3) is 4.10. The number of hydrogen-bond acceptors (Lipinski definition) is 4. The molecule has 0 spiro atoms. The van der Waals surface area contributed by atoms with Crippen molar-refractivity contribution in [3.63, 3.8) is 0 Å². The molecule has 138 valence electrons. The van der Waals surface area contributed by atoms with Gasteiger partial charge >= 0.3 is 0 Å². The summed E-state index contributed by atoms with van der Waals surface area (Å²) >= 11 is 0. The number of rotatable bonds is 6. The summed E-state index contributed by atoms with van der Waals surface area (Å²) < 4.78 is 16.5. The molecule has 0 fully saturated rings. The maximum Gasteiger partial charge on any atom is 0.251 e. The van der Waals surface area contributed by atoms with Crippen molar-refractivity contribution in [2.75, 3.05) is 26.9 Å². The van der Waals surface area contributed by atoms with E-state index in [9.17, 15) is 4.79 Å². The first-order valence-corrected chi connectivity index (χ1v) is 8.90. The molecule has 0 radical (unpaired) electrons. The predicted octanol–water partition coefficient (Wildman–Crippen LogP) is 3.45. The predicted molar refractivity (Wildman–Crippen MR) is 101 cm³/mol. The normalized spacial score (nSPS) is 12.6. The summed E-state index contributed by atoms with van der Waals surface area (Å²) in [6, 6.07) is 9.87. The van der Waals surface area contributed by atoms with E-state index in [0.717, 1.165) is 12.8 Å². The molecule has 0 saturated heterocycles. The van der Waals surface area contributed by atoms with E-state index in [1.54, 1.807) is 19.2 Å². The quantitative estimate of drug-likeness (QED) is 0.807. The fourth-order valence-corrected chi connectivity index (χ4v) is 3.11. The van der Waals surface area contributed by atoms with Crippen LogP contribution in [-0.2, 0) is 6.42 Å². The molecule has 1 amide bonds. The van der Waals surface area contributed by atoms with Crippen molar-refractivity contribution >= 4 is 5.91 Å². The first-order valence-electron chi connectivity index (χ1n) is 8.90. The SMILES string of the molecule is COc1cc(C(=O)NCCCc2ccc(C)cc2C)cc2c1OCCO2. The lowest BCUT2D eigenvalue weighted by atomic mass is 10.0. The van der Waals surface area contributed by atoms with Crippen LogP contribution in [0.3, 0.4) is 0 Å². The van der Waals surface area contributed by atoms with Crippen LogP contribution in [0.2, 0.25) is 0 Å². The zero-order valence-corrected chi connectivity index (χ0v) is 15.6. The lowest BCUT2D eigenvalue weighted by molar-refractivity contribution is 0.0951. The average molecular weight is 355 g/mol. The Hall–Kier alpha value is -2.69. The van der Waals surface area contributed by atoms with Crippen molar-refractivity contribution in [2.24, 2.45) is 0 Å². The molecule has 2 aromatic carbocycles. The molecule has 0 bridgehead atoms. The van der Waals surface area contributed by atoms with Crippen molar-refractivity contribution < 1.29 is 19.0 Å². The van der Waals surface area contributed by atoms with Gasteiger partial charge in [-0.2, -0.15) is 0 Å². The Morgan fingerprint density at radius 3 is 2.73 bits per heavy atom. The number of nitrogens with one attached hydrogen (secondary N) is 1. The van der Waals surface area contributed by atoms with Gasteiger partial charge in [-0.15, -0.1) is 0 Å². The highest BCUT2D eigenvalue weighted by molar-refractivity contribution is 5.95. The van der Waals surface area contributed by atoms with E-state index in [4.69, 9.17) is 14.2 Å². The molecule has 1 N–H and O–H groups in total. The van der Waals surface area contributed by atoms with Crippen molar-refractivity contribution in [2.45, 2.75) is 26.7 Å². The van der Waals surface area contributed by atoms with Gasteiger partial charge in [-0.25, -0.2) is 0 Å². The number of hydrogen-bond donors (Lipinski definition) is 1. The molecule has 1 aliphatic heterocycles. The third-order valence-corrected chi connectivity index (χ3v) is 4.50. The second-order valence-electron chi connectivity index (χ2n) is 6.49. The van der Waals surface area contributed by atoms with Crippen LogP contribution >= 0.6 is 0 Å². The van der Waals surface area contributed by atoms with Crippen molar-refractivity contribution in [1.82, 2.24) is 5.32 Å². The highest BCUT2D eigenvalue weighted by Crippen LogP contribution is 2.40. The molecule has 5 heteroatoms. The maximum atomic E-state index is 12.5. The van der Waals surface area contributed by atoms with Crippen LogP contribution in [0.15, 0.2) is 30.3 Å². The minimum absolute atomic E-state index is 0.138. The molecular formula is C21H25NO4. The first-order chi connectivity index (χ1) is 12.6. The maximum absolute atomic E-state index is 12.5. The van der Waals surface area contributed by atoms with Gasteiger partial charge in [0.25, 0.3) is 5.91 Å². The topological polar surface area (TPSA) is 56.8 Å². The molecule has 1 heterocycles. The van der Waals surface area contributed by atoms with Gasteiger partial charge in [0, 0.05) is 12.1 Å². The Morgan fingerprint density at radius 2 is 1.96 bits per heavy atom. The molecule has 0 saturated carbocycles. The lowest BCUT2D eigenvalue weighted by Gasteiger charge is -2.21. The number of aryl methyl sites for hydroxylation is 3. The minimum Gasteiger partial charge on any atom is -0.493 e. The summed E-state index contributed by atoms with van der Waals surface area (Å²) in [5.41, 5.74) is 4.41. The van der Waals surface area contributed by atoms with E-state index in [-0.39, 0.29) is 5.91 Å². The Morgan fingerprint density at radius 1 is 1.15 bits per heavy atom. The van der Waals surface area contributed by atoms with Gasteiger partial charge in [0.15, 0.2) is 11.5 Å². The number of fused-ring (bicyclic) bond motifs is 1. The Kier molecular flexibility index (Phi) is 5.66. The smallest absolute Gasteiger partial charge is 0.251 e. The largest absolute Gasteiger partial charge is 0.493 e. The third-order valence-electron chi connectivity index (χ3n) is 4.50. The molecule has 0 aliphatic carbocycles. The van der Waals surface area contributed by atoms with E-state index >= 15 is 0 Å². The van der Waals surface area contributed by atoms with E-state index in [0.29, 0.717) is 42.6 Å². The van der Waals surface area contributed by atoms with Gasteiger partial charge in [0.2, 0.25) is 5.75 Å². The summed E-state index contributed by atoms with van der Waals surface area (Å²) in [6.45, 7) is 5.79. The molecule has 3 rings (SSSR count). The standard InChI is InChI=1S/C21H25NO4/c1-14-6-7-16(15(2)11-14)5-4-8-22-21(23)17-12-18(24-3)20-19(13-17)25-9-10-26-20/h6-7,11-13H,4-5,8-10H2,1-3H3,(H,22,23). The fraction of sp³-hybridized carbons (Fsp3) is 0.381. The summed E-state index contributed by atoms with van der Waals surface area (Å²) in [7, 11) is 1.55. The Labute approximate surface area is 154 Å². The number of carbonyl (C=O) groups excluding carboxylic acids is 1. The first kappa shape index (κ1) is 18.1. The fourth-order valence-electron chi connectivity index (χ4n) is 3.11. The van der Waals surface area contributed by atoms with Gasteiger partial charge in [0.05, 0.1) is 7.11 Å². The number of carbonyl (C=O) groups is 1. The average Bonchev–Trinajstić information content (AvgIpc) is 2.65. The summed E-state index contributed by atoms with van der Waals surface area (Å²) in [6.07, 6.45) is 1.83. The second-order valence-corrected chi connectivity index (χ2v) is 6.49. The molecule has 2 aromatic rings.